The third kappa shape index (κ3) is 3.79. The zero-order valence-electron chi connectivity index (χ0n) is 16.1. The highest BCUT2D eigenvalue weighted by Gasteiger charge is 2.45. The number of likely N-dealkylation sites (tertiary alicyclic amines) is 1. The molecule has 2 aliphatic rings. The molecule has 1 aliphatic carbocycles. The predicted octanol–water partition coefficient (Wildman–Crippen LogP) is 4.01. The van der Waals surface area contributed by atoms with Gasteiger partial charge in [-0.1, -0.05) is 36.4 Å². The quantitative estimate of drug-likeness (QED) is 0.871. The van der Waals surface area contributed by atoms with Crippen molar-refractivity contribution in [3.05, 3.63) is 59.9 Å². The highest BCUT2D eigenvalue weighted by Crippen LogP contribution is 2.53. The molecule has 1 spiro atoms. The maximum Gasteiger partial charge on any atom is 0.252 e. The smallest absolute Gasteiger partial charge is 0.252 e. The fourth-order valence-corrected chi connectivity index (χ4v) is 4.00. The first kappa shape index (κ1) is 18.7. The predicted molar refractivity (Wildman–Crippen MR) is 106 cm³/mol. The summed E-state index contributed by atoms with van der Waals surface area (Å²) in [5.74, 6) is -0.955. The first-order valence-electron chi connectivity index (χ1n) is 9.92. The van der Waals surface area contributed by atoms with Gasteiger partial charge in [0.25, 0.3) is 5.91 Å². The summed E-state index contributed by atoms with van der Waals surface area (Å²) in [5.41, 5.74) is 1.92. The Morgan fingerprint density at radius 1 is 1.04 bits per heavy atom. The van der Waals surface area contributed by atoms with Gasteiger partial charge in [-0.15, -0.1) is 0 Å². The van der Waals surface area contributed by atoms with E-state index in [1.807, 2.05) is 35.2 Å². The van der Waals surface area contributed by atoms with E-state index in [4.69, 9.17) is 0 Å². The Labute approximate surface area is 164 Å². The summed E-state index contributed by atoms with van der Waals surface area (Å²) in [7, 11) is 0. The Hall–Kier alpha value is -2.69. The zero-order chi connectivity index (χ0) is 19.7. The molecule has 2 aromatic rings. The van der Waals surface area contributed by atoms with Gasteiger partial charge in [0.15, 0.2) is 0 Å². The molecular formula is C23H25FN2O2. The van der Waals surface area contributed by atoms with Crippen molar-refractivity contribution < 1.29 is 14.0 Å². The molecule has 1 saturated carbocycles. The lowest BCUT2D eigenvalue weighted by atomic mass is 9.93. The molecule has 1 heterocycles. The minimum atomic E-state index is -0.627. The van der Waals surface area contributed by atoms with Crippen molar-refractivity contribution in [1.82, 2.24) is 10.2 Å². The molecule has 4 rings (SSSR count). The number of piperidine rings is 1. The monoisotopic (exact) mass is 380 g/mol. The summed E-state index contributed by atoms with van der Waals surface area (Å²) in [6.07, 6.45) is 4.69. The van der Waals surface area contributed by atoms with Gasteiger partial charge < -0.3 is 10.2 Å². The van der Waals surface area contributed by atoms with Crippen LogP contribution in [-0.4, -0.2) is 35.8 Å². The second kappa shape index (κ2) is 7.38. The van der Waals surface area contributed by atoms with Crippen LogP contribution >= 0.6 is 0 Å². The van der Waals surface area contributed by atoms with Gasteiger partial charge in [-0.3, -0.25) is 9.59 Å². The number of carbonyl (C=O) groups is 2. The molecule has 2 aromatic carbocycles. The number of benzene rings is 2. The number of nitrogens with zero attached hydrogens (tertiary/aromatic N) is 1. The van der Waals surface area contributed by atoms with Crippen LogP contribution in [0.4, 0.5) is 4.39 Å². The van der Waals surface area contributed by atoms with E-state index < -0.39 is 17.8 Å². The van der Waals surface area contributed by atoms with Crippen molar-refractivity contribution in [2.24, 2.45) is 5.41 Å². The minimum Gasteiger partial charge on any atom is -0.341 e. The summed E-state index contributed by atoms with van der Waals surface area (Å²) < 4.78 is 14.5. The van der Waals surface area contributed by atoms with Crippen LogP contribution in [-0.2, 0) is 4.79 Å². The van der Waals surface area contributed by atoms with E-state index in [1.54, 1.807) is 19.1 Å². The molecule has 28 heavy (non-hydrogen) atoms. The molecule has 146 valence electrons. The minimum absolute atomic E-state index is 0.0646. The van der Waals surface area contributed by atoms with Crippen LogP contribution in [0.1, 0.15) is 43.0 Å². The molecule has 0 unspecified atom stereocenters. The SMILES string of the molecule is C[C@H](NC(=O)c1ccc(-c2ccccc2)c(F)c1)C(=O)N1CCC2(CC1)CC2. The number of amides is 2. The maximum absolute atomic E-state index is 14.5. The number of nitrogens with one attached hydrogen (secondary N) is 1. The van der Waals surface area contributed by atoms with Gasteiger partial charge in [0.1, 0.15) is 11.9 Å². The van der Waals surface area contributed by atoms with E-state index in [0.717, 1.165) is 31.5 Å². The van der Waals surface area contributed by atoms with Crippen LogP contribution in [0.2, 0.25) is 0 Å². The fourth-order valence-electron chi connectivity index (χ4n) is 4.00. The van der Waals surface area contributed by atoms with E-state index in [-0.39, 0.29) is 11.5 Å². The lowest BCUT2D eigenvalue weighted by molar-refractivity contribution is -0.134. The number of halogens is 1. The van der Waals surface area contributed by atoms with E-state index in [0.29, 0.717) is 11.0 Å². The average molecular weight is 380 g/mol. The van der Waals surface area contributed by atoms with Crippen molar-refractivity contribution >= 4 is 11.8 Å². The van der Waals surface area contributed by atoms with Gasteiger partial charge in [-0.25, -0.2) is 4.39 Å². The molecule has 2 fully saturated rings. The van der Waals surface area contributed by atoms with E-state index in [9.17, 15) is 14.0 Å². The van der Waals surface area contributed by atoms with E-state index >= 15 is 0 Å². The molecule has 5 heteroatoms. The van der Waals surface area contributed by atoms with Gasteiger partial charge in [0.2, 0.25) is 5.91 Å². The molecule has 2 amide bonds. The molecule has 0 bridgehead atoms. The third-order valence-electron chi connectivity index (χ3n) is 6.13. The number of carbonyl (C=O) groups excluding carboxylic acids is 2. The van der Waals surface area contributed by atoms with Crippen LogP contribution < -0.4 is 5.32 Å². The molecular weight excluding hydrogens is 355 g/mol. The normalized spacial score (nSPS) is 18.6. The Balaban J connectivity index is 1.39. The second-order valence-corrected chi connectivity index (χ2v) is 8.08. The Morgan fingerprint density at radius 2 is 1.71 bits per heavy atom. The molecule has 1 atom stereocenters. The number of hydrogen-bond donors (Lipinski definition) is 1. The lowest BCUT2D eigenvalue weighted by Gasteiger charge is -2.33. The molecule has 1 aliphatic heterocycles. The van der Waals surface area contributed by atoms with E-state index in [2.05, 4.69) is 5.32 Å². The third-order valence-corrected chi connectivity index (χ3v) is 6.13. The largest absolute Gasteiger partial charge is 0.341 e. The Morgan fingerprint density at radius 3 is 2.32 bits per heavy atom. The van der Waals surface area contributed by atoms with Gasteiger partial charge in [-0.05, 0) is 55.7 Å². The van der Waals surface area contributed by atoms with Crippen molar-refractivity contribution in [3.63, 3.8) is 0 Å². The summed E-state index contributed by atoms with van der Waals surface area (Å²) in [5, 5.41) is 2.72. The van der Waals surface area contributed by atoms with E-state index in [1.165, 1.54) is 18.9 Å². The van der Waals surface area contributed by atoms with Gasteiger partial charge >= 0.3 is 0 Å². The maximum atomic E-state index is 14.5. The lowest BCUT2D eigenvalue weighted by Crippen LogP contribution is -2.49. The molecule has 0 aromatic heterocycles. The van der Waals surface area contributed by atoms with Crippen molar-refractivity contribution in [1.29, 1.82) is 0 Å². The first-order valence-corrected chi connectivity index (χ1v) is 9.92. The first-order chi connectivity index (χ1) is 13.5. The molecule has 1 N–H and O–H groups in total. The standard InChI is InChI=1S/C23H25FN2O2/c1-16(22(28)26-13-11-23(9-10-23)12-14-26)25-21(27)18-7-8-19(20(24)15-18)17-5-3-2-4-6-17/h2-8,15-16H,9-14H2,1H3,(H,25,27)/t16-/m0/s1. The van der Waals surface area contributed by atoms with Crippen molar-refractivity contribution in [2.45, 2.75) is 38.6 Å². The molecule has 0 radical (unpaired) electrons. The number of rotatable bonds is 4. The van der Waals surface area contributed by atoms with Crippen LogP contribution in [0, 0.1) is 11.2 Å². The van der Waals surface area contributed by atoms with Crippen LogP contribution in [0.5, 0.6) is 0 Å². The van der Waals surface area contributed by atoms with Crippen LogP contribution in [0.25, 0.3) is 11.1 Å². The Kier molecular flexibility index (Phi) is 4.92. The Bertz CT molecular complexity index is 883. The number of hydrogen-bond acceptors (Lipinski definition) is 2. The van der Waals surface area contributed by atoms with Crippen LogP contribution in [0.15, 0.2) is 48.5 Å². The fraction of sp³-hybridized carbons (Fsp3) is 0.391. The topological polar surface area (TPSA) is 49.4 Å². The summed E-state index contributed by atoms with van der Waals surface area (Å²) in [6.45, 7) is 3.22. The zero-order valence-corrected chi connectivity index (χ0v) is 16.1. The summed E-state index contributed by atoms with van der Waals surface area (Å²) >= 11 is 0. The van der Waals surface area contributed by atoms with Gasteiger partial charge in [0.05, 0.1) is 0 Å². The van der Waals surface area contributed by atoms with Gasteiger partial charge in [0, 0.05) is 24.2 Å². The van der Waals surface area contributed by atoms with Crippen molar-refractivity contribution in [2.75, 3.05) is 13.1 Å². The molecule has 1 saturated heterocycles. The highest BCUT2D eigenvalue weighted by atomic mass is 19.1. The summed E-state index contributed by atoms with van der Waals surface area (Å²) in [4.78, 5) is 27.0. The highest BCUT2D eigenvalue weighted by molar-refractivity contribution is 5.97. The average Bonchev–Trinajstić information content (AvgIpc) is 3.47. The van der Waals surface area contributed by atoms with Crippen LogP contribution in [0.3, 0.4) is 0 Å². The molecule has 4 nitrogen and oxygen atoms in total. The second-order valence-electron chi connectivity index (χ2n) is 8.08. The van der Waals surface area contributed by atoms with Gasteiger partial charge in [-0.2, -0.15) is 0 Å². The van der Waals surface area contributed by atoms with Crippen molar-refractivity contribution in [3.8, 4) is 11.1 Å². The summed E-state index contributed by atoms with van der Waals surface area (Å²) in [6, 6.07) is 13.0.